The van der Waals surface area contributed by atoms with Crippen LogP contribution in [-0.4, -0.2) is 45.1 Å². The number of amides is 1. The fourth-order valence-electron chi connectivity index (χ4n) is 2.25. The second-order valence-corrected chi connectivity index (χ2v) is 5.42. The fourth-order valence-corrected chi connectivity index (χ4v) is 2.25. The highest BCUT2D eigenvalue weighted by Gasteiger charge is 2.10. The van der Waals surface area contributed by atoms with Crippen molar-refractivity contribution in [3.63, 3.8) is 0 Å². The van der Waals surface area contributed by atoms with Crippen molar-refractivity contribution >= 4 is 11.6 Å². The zero-order valence-corrected chi connectivity index (χ0v) is 14.4. The normalized spacial score (nSPS) is 11.8. The second kappa shape index (κ2) is 9.78. The molecule has 1 atom stereocenters. The van der Waals surface area contributed by atoms with E-state index < -0.39 is 6.10 Å². The monoisotopic (exact) mass is 345 g/mol. The lowest BCUT2D eigenvalue weighted by Gasteiger charge is -2.12. The van der Waals surface area contributed by atoms with Gasteiger partial charge in [0.05, 0.1) is 13.2 Å². The number of methoxy groups -OCH3 is 2. The van der Waals surface area contributed by atoms with Crippen LogP contribution in [0.25, 0.3) is 0 Å². The fraction of sp³-hybridized carbons (Fsp3) is 0.316. The van der Waals surface area contributed by atoms with Crippen molar-refractivity contribution in [2.45, 2.75) is 6.10 Å². The smallest absolute Gasteiger partial charge is 0.255 e. The van der Waals surface area contributed by atoms with E-state index in [4.69, 9.17) is 14.2 Å². The van der Waals surface area contributed by atoms with Crippen LogP contribution in [0, 0.1) is 0 Å². The molecule has 0 aliphatic rings. The summed E-state index contributed by atoms with van der Waals surface area (Å²) in [6.45, 7) is 1.09. The molecule has 0 bridgehead atoms. The first-order valence-electron chi connectivity index (χ1n) is 7.94. The SMILES string of the molecule is COCCOc1cccc(C(=O)Nc2cccc(C(O)COC)c2)c1. The molecule has 6 nitrogen and oxygen atoms in total. The van der Waals surface area contributed by atoms with Gasteiger partial charge in [-0.25, -0.2) is 0 Å². The van der Waals surface area contributed by atoms with Crippen LogP contribution >= 0.6 is 0 Å². The minimum absolute atomic E-state index is 0.193. The summed E-state index contributed by atoms with van der Waals surface area (Å²) in [5.41, 5.74) is 1.76. The summed E-state index contributed by atoms with van der Waals surface area (Å²) in [5.74, 6) is 0.351. The van der Waals surface area contributed by atoms with Crippen molar-refractivity contribution in [2.75, 3.05) is 39.4 Å². The largest absolute Gasteiger partial charge is 0.491 e. The first-order chi connectivity index (χ1) is 12.1. The minimum Gasteiger partial charge on any atom is -0.491 e. The molecule has 0 saturated carbocycles. The van der Waals surface area contributed by atoms with E-state index in [0.717, 1.165) is 0 Å². The van der Waals surface area contributed by atoms with Crippen LogP contribution in [0.4, 0.5) is 5.69 Å². The number of carbonyl (C=O) groups excluding carboxylic acids is 1. The number of aliphatic hydroxyl groups excluding tert-OH is 1. The van der Waals surface area contributed by atoms with Crippen molar-refractivity contribution in [1.82, 2.24) is 0 Å². The van der Waals surface area contributed by atoms with Crippen molar-refractivity contribution in [1.29, 1.82) is 0 Å². The van der Waals surface area contributed by atoms with Crippen LogP contribution in [0.5, 0.6) is 5.75 Å². The molecular formula is C19H23NO5. The van der Waals surface area contributed by atoms with Gasteiger partial charge in [-0.15, -0.1) is 0 Å². The summed E-state index contributed by atoms with van der Waals surface area (Å²) in [5, 5.41) is 12.8. The van der Waals surface area contributed by atoms with Gasteiger partial charge in [0.25, 0.3) is 5.91 Å². The molecule has 2 aromatic carbocycles. The van der Waals surface area contributed by atoms with Crippen LogP contribution < -0.4 is 10.1 Å². The Hall–Kier alpha value is -2.41. The van der Waals surface area contributed by atoms with Gasteiger partial charge < -0.3 is 24.6 Å². The number of ether oxygens (including phenoxy) is 3. The maximum atomic E-state index is 12.4. The summed E-state index contributed by atoms with van der Waals surface area (Å²) >= 11 is 0. The minimum atomic E-state index is -0.737. The zero-order chi connectivity index (χ0) is 18.1. The molecule has 1 amide bonds. The van der Waals surface area contributed by atoms with Gasteiger partial charge in [0, 0.05) is 25.5 Å². The van der Waals surface area contributed by atoms with E-state index in [2.05, 4.69) is 5.32 Å². The Kier molecular flexibility index (Phi) is 7.40. The first-order valence-corrected chi connectivity index (χ1v) is 7.94. The van der Waals surface area contributed by atoms with Gasteiger partial charge in [-0.3, -0.25) is 4.79 Å². The Morgan fingerprint density at radius 3 is 2.64 bits per heavy atom. The second-order valence-electron chi connectivity index (χ2n) is 5.42. The number of benzene rings is 2. The number of aliphatic hydroxyl groups is 1. The lowest BCUT2D eigenvalue weighted by Crippen LogP contribution is -2.13. The molecular weight excluding hydrogens is 322 g/mol. The van der Waals surface area contributed by atoms with Gasteiger partial charge in [0.15, 0.2) is 0 Å². The molecule has 1 unspecified atom stereocenters. The standard InChI is InChI=1S/C19H23NO5/c1-23-9-10-25-17-8-4-6-15(12-17)19(22)20-16-7-3-5-14(11-16)18(21)13-24-2/h3-8,11-12,18,21H,9-10,13H2,1-2H3,(H,20,22). The highest BCUT2D eigenvalue weighted by atomic mass is 16.5. The molecule has 0 aliphatic heterocycles. The number of anilines is 1. The van der Waals surface area contributed by atoms with E-state index in [0.29, 0.717) is 35.8 Å². The molecule has 0 fully saturated rings. The molecule has 0 radical (unpaired) electrons. The highest BCUT2D eigenvalue weighted by Crippen LogP contribution is 2.19. The zero-order valence-electron chi connectivity index (χ0n) is 14.4. The predicted molar refractivity (Wildman–Crippen MR) is 95.0 cm³/mol. The Labute approximate surface area is 147 Å². The summed E-state index contributed by atoms with van der Waals surface area (Å²) in [4.78, 5) is 12.4. The van der Waals surface area contributed by atoms with Crippen LogP contribution in [0.1, 0.15) is 22.0 Å². The Morgan fingerprint density at radius 1 is 1.08 bits per heavy atom. The van der Waals surface area contributed by atoms with Crippen LogP contribution in [0.2, 0.25) is 0 Å². The molecule has 134 valence electrons. The molecule has 2 rings (SSSR count). The van der Waals surface area contributed by atoms with Gasteiger partial charge >= 0.3 is 0 Å². The van der Waals surface area contributed by atoms with Gasteiger partial charge in [-0.05, 0) is 35.9 Å². The number of nitrogens with one attached hydrogen (secondary N) is 1. The summed E-state index contributed by atoms with van der Waals surface area (Å²) < 4.78 is 15.4. The maximum absolute atomic E-state index is 12.4. The molecule has 2 N–H and O–H groups in total. The van der Waals surface area contributed by atoms with Crippen molar-refractivity contribution in [3.8, 4) is 5.75 Å². The third-order valence-electron chi connectivity index (χ3n) is 3.51. The van der Waals surface area contributed by atoms with Crippen LogP contribution in [-0.2, 0) is 9.47 Å². The lowest BCUT2D eigenvalue weighted by atomic mass is 10.1. The molecule has 25 heavy (non-hydrogen) atoms. The van der Waals surface area contributed by atoms with E-state index >= 15 is 0 Å². The van der Waals surface area contributed by atoms with E-state index in [1.807, 2.05) is 0 Å². The summed E-state index contributed by atoms with van der Waals surface area (Å²) in [6.07, 6.45) is -0.737. The molecule has 0 saturated heterocycles. The van der Waals surface area contributed by atoms with E-state index in [1.165, 1.54) is 7.11 Å². The molecule has 0 aliphatic carbocycles. The highest BCUT2D eigenvalue weighted by molar-refractivity contribution is 6.04. The number of rotatable bonds is 9. The topological polar surface area (TPSA) is 77.0 Å². The van der Waals surface area contributed by atoms with Gasteiger partial charge in [-0.2, -0.15) is 0 Å². The summed E-state index contributed by atoms with van der Waals surface area (Å²) in [6, 6.07) is 14.0. The summed E-state index contributed by atoms with van der Waals surface area (Å²) in [7, 11) is 3.13. The number of hydrogen-bond acceptors (Lipinski definition) is 5. The van der Waals surface area contributed by atoms with E-state index in [-0.39, 0.29) is 12.5 Å². The Balaban J connectivity index is 2.04. The van der Waals surface area contributed by atoms with Crippen molar-refractivity contribution in [2.24, 2.45) is 0 Å². The number of carbonyl (C=O) groups is 1. The van der Waals surface area contributed by atoms with Gasteiger partial charge in [-0.1, -0.05) is 18.2 Å². The average molecular weight is 345 g/mol. The molecule has 0 heterocycles. The van der Waals surface area contributed by atoms with Crippen LogP contribution in [0.3, 0.4) is 0 Å². The average Bonchev–Trinajstić information content (AvgIpc) is 2.62. The van der Waals surface area contributed by atoms with E-state index in [9.17, 15) is 9.90 Å². The maximum Gasteiger partial charge on any atom is 0.255 e. The Morgan fingerprint density at radius 2 is 1.88 bits per heavy atom. The van der Waals surface area contributed by atoms with E-state index in [1.54, 1.807) is 55.6 Å². The quantitative estimate of drug-likeness (QED) is 0.683. The molecule has 0 spiro atoms. The first kappa shape index (κ1) is 18.9. The molecule has 0 aromatic heterocycles. The molecule has 6 heteroatoms. The van der Waals surface area contributed by atoms with Crippen molar-refractivity contribution < 1.29 is 24.1 Å². The van der Waals surface area contributed by atoms with Gasteiger partial charge in [0.2, 0.25) is 0 Å². The number of hydrogen-bond donors (Lipinski definition) is 2. The predicted octanol–water partition coefficient (Wildman–Crippen LogP) is 2.64. The lowest BCUT2D eigenvalue weighted by molar-refractivity contribution is 0.0644. The van der Waals surface area contributed by atoms with Crippen molar-refractivity contribution in [3.05, 3.63) is 59.7 Å². The van der Waals surface area contributed by atoms with Gasteiger partial charge in [0.1, 0.15) is 18.5 Å². The third-order valence-corrected chi connectivity index (χ3v) is 3.51. The molecule has 2 aromatic rings. The third kappa shape index (κ3) is 5.86. The van der Waals surface area contributed by atoms with Crippen LogP contribution in [0.15, 0.2) is 48.5 Å². The Bertz CT molecular complexity index is 689.